The average molecular weight is 433 g/mol. The summed E-state index contributed by atoms with van der Waals surface area (Å²) in [6, 6.07) is 0. The number of nitrogens with zero attached hydrogens (tertiary/aromatic N) is 2. The van der Waals surface area contributed by atoms with Gasteiger partial charge in [0.1, 0.15) is 0 Å². The van der Waals surface area contributed by atoms with Crippen LogP contribution < -0.4 is 0 Å². The second-order valence-corrected chi connectivity index (χ2v) is 0.447. The molecule has 0 rings (SSSR count). The van der Waals surface area contributed by atoms with Gasteiger partial charge in [0.05, 0.1) is 10.2 Å². The molecule has 0 aromatic carbocycles. The normalized spacial score (nSPS) is 4.80. The van der Waals surface area contributed by atoms with Crippen LogP contribution in [0, 0.1) is 120 Å². The van der Waals surface area contributed by atoms with Crippen molar-refractivity contribution >= 4 is 0 Å². The molecule has 0 unspecified atom stereocenters. The Morgan fingerprint density at radius 2 is 0.800 bits per heavy atom. The molecule has 0 aliphatic heterocycles. The van der Waals surface area contributed by atoms with Crippen LogP contribution in [0.15, 0.2) is 0 Å². The Morgan fingerprint density at radius 1 is 0.800 bits per heavy atom. The smallest absolute Gasteiger partial charge is 0.356 e. The standard InChI is InChI=1S/Eu.Gd.2NO3/c;;2*2-1(3)4/q2*+3;2*-1. The van der Waals surface area contributed by atoms with Gasteiger partial charge < -0.3 is 30.6 Å². The van der Waals surface area contributed by atoms with Gasteiger partial charge in [0.15, 0.2) is 0 Å². The van der Waals surface area contributed by atoms with Gasteiger partial charge in [-0.1, -0.05) is 0 Å². The molecule has 1 radical (unpaired) electrons. The van der Waals surface area contributed by atoms with E-state index < -0.39 is 10.2 Å². The Kier molecular flexibility index (Phi) is 37.6. The van der Waals surface area contributed by atoms with E-state index in [1.807, 2.05) is 0 Å². The van der Waals surface area contributed by atoms with Crippen LogP contribution in [0.3, 0.4) is 0 Å². The van der Waals surface area contributed by atoms with Gasteiger partial charge in [0.2, 0.25) is 0 Å². The van der Waals surface area contributed by atoms with Crippen LogP contribution >= 0.6 is 0 Å². The van der Waals surface area contributed by atoms with Crippen molar-refractivity contribution in [3.8, 4) is 0 Å². The first-order valence-electron chi connectivity index (χ1n) is 1.10. The summed E-state index contributed by atoms with van der Waals surface area (Å²) in [6.07, 6.45) is 0. The van der Waals surface area contributed by atoms with Crippen LogP contribution in [-0.2, 0) is 0 Å². The fourth-order valence-electron chi connectivity index (χ4n) is 0. The molecule has 0 fully saturated rings. The Labute approximate surface area is 127 Å². The molecular formula is EuGdN2O6+4. The van der Waals surface area contributed by atoms with Crippen molar-refractivity contribution in [2.45, 2.75) is 0 Å². The van der Waals surface area contributed by atoms with Crippen LogP contribution in [0.4, 0.5) is 0 Å². The van der Waals surface area contributed by atoms with Crippen LogP contribution in [0.1, 0.15) is 0 Å². The first kappa shape index (κ1) is 22.5. The third kappa shape index (κ3) is 375. The second-order valence-electron chi connectivity index (χ2n) is 0.447. The van der Waals surface area contributed by atoms with Crippen molar-refractivity contribution in [2.24, 2.45) is 0 Å². The largest absolute Gasteiger partial charge is 3.00 e. The summed E-state index contributed by atoms with van der Waals surface area (Å²) < 4.78 is 0. The van der Waals surface area contributed by atoms with Crippen molar-refractivity contribution in [2.75, 3.05) is 0 Å². The minimum atomic E-state index is -1.75. The Morgan fingerprint density at radius 3 is 0.800 bits per heavy atom. The molecule has 0 aromatic rings. The fraction of sp³-hybridized carbons (Fsp3) is 0. The molecule has 0 bridgehead atoms. The van der Waals surface area contributed by atoms with E-state index in [1.54, 1.807) is 0 Å². The summed E-state index contributed by atoms with van der Waals surface area (Å²) in [5.74, 6) is 0. The van der Waals surface area contributed by atoms with Gasteiger partial charge in [-0.05, 0) is 0 Å². The third-order valence-corrected chi connectivity index (χ3v) is 0. The maximum Gasteiger partial charge on any atom is 3.00 e. The Hall–Kier alpha value is 1.31. The molecule has 0 aliphatic rings. The summed E-state index contributed by atoms with van der Waals surface area (Å²) in [4.78, 5) is 16.5. The van der Waals surface area contributed by atoms with E-state index in [0.717, 1.165) is 0 Å². The van der Waals surface area contributed by atoms with Gasteiger partial charge in [-0.25, -0.2) is 0 Å². The topological polar surface area (TPSA) is 132 Å². The molecule has 0 atom stereocenters. The van der Waals surface area contributed by atoms with E-state index in [0.29, 0.717) is 0 Å². The van der Waals surface area contributed by atoms with Crippen LogP contribution in [-0.4, -0.2) is 10.2 Å². The molecule has 57 valence electrons. The Balaban J connectivity index is -0.0000000300. The van der Waals surface area contributed by atoms with Gasteiger partial charge in [0, 0.05) is 0 Å². The Bertz CT molecular complexity index is 73.7. The zero-order valence-corrected chi connectivity index (χ0v) is 8.77. The molecule has 10 heteroatoms. The summed E-state index contributed by atoms with van der Waals surface area (Å²) >= 11 is 0. The second kappa shape index (κ2) is 16.7. The van der Waals surface area contributed by atoms with E-state index in [4.69, 9.17) is 30.6 Å². The first-order valence-corrected chi connectivity index (χ1v) is 1.10. The number of hydrogen-bond donors (Lipinski definition) is 0. The molecule has 0 aromatic heterocycles. The van der Waals surface area contributed by atoms with Crippen LogP contribution in [0.25, 0.3) is 0 Å². The zero-order chi connectivity index (χ0) is 7.15. The molecule has 0 N–H and O–H groups in total. The third-order valence-electron chi connectivity index (χ3n) is 0. The number of rotatable bonds is 0. The summed E-state index contributed by atoms with van der Waals surface area (Å²) in [6.45, 7) is 0. The quantitative estimate of drug-likeness (QED) is 0.375. The average Bonchev–Trinajstić information content (AvgIpc) is 1.25. The molecular weight excluding hydrogens is 433 g/mol. The van der Waals surface area contributed by atoms with Crippen molar-refractivity contribution in [3.05, 3.63) is 30.6 Å². The van der Waals surface area contributed by atoms with Crippen molar-refractivity contribution in [1.29, 1.82) is 0 Å². The van der Waals surface area contributed by atoms with Crippen LogP contribution in [0.5, 0.6) is 0 Å². The fourth-order valence-corrected chi connectivity index (χ4v) is 0. The van der Waals surface area contributed by atoms with Crippen LogP contribution in [0.2, 0.25) is 0 Å². The van der Waals surface area contributed by atoms with E-state index >= 15 is 0 Å². The minimum Gasteiger partial charge on any atom is -0.356 e. The maximum atomic E-state index is 8.25. The first-order chi connectivity index (χ1) is 3.46. The van der Waals surface area contributed by atoms with Gasteiger partial charge >= 0.3 is 89.3 Å². The van der Waals surface area contributed by atoms with E-state index in [1.165, 1.54) is 0 Å². The van der Waals surface area contributed by atoms with Crippen molar-refractivity contribution in [1.82, 2.24) is 0 Å². The van der Waals surface area contributed by atoms with E-state index in [9.17, 15) is 0 Å². The molecule has 8 nitrogen and oxygen atoms in total. The molecule has 10 heavy (non-hydrogen) atoms. The monoisotopic (exact) mass is 435 g/mol. The summed E-state index contributed by atoms with van der Waals surface area (Å²) in [5, 5.41) is 29.5. The van der Waals surface area contributed by atoms with Gasteiger partial charge in [-0.3, -0.25) is 0 Å². The molecule has 0 saturated heterocycles. The predicted octanol–water partition coefficient (Wildman–Crippen LogP) is -0.478. The van der Waals surface area contributed by atoms with Gasteiger partial charge in [0.25, 0.3) is 0 Å². The number of hydrogen-bond acceptors (Lipinski definition) is 6. The zero-order valence-electron chi connectivity index (χ0n) is 4.08. The van der Waals surface area contributed by atoms with Gasteiger partial charge in [-0.2, -0.15) is 0 Å². The van der Waals surface area contributed by atoms with Gasteiger partial charge in [-0.15, -0.1) is 0 Å². The van der Waals surface area contributed by atoms with E-state index in [-0.39, 0.29) is 89.3 Å². The van der Waals surface area contributed by atoms with E-state index in [2.05, 4.69) is 0 Å². The van der Waals surface area contributed by atoms with Crippen molar-refractivity contribution < 1.29 is 99.5 Å². The maximum absolute atomic E-state index is 8.25. The molecule has 0 heterocycles. The molecule has 0 aliphatic carbocycles. The molecule has 0 saturated carbocycles. The summed E-state index contributed by atoms with van der Waals surface area (Å²) in [7, 11) is 0. The molecule has 0 spiro atoms. The predicted molar refractivity (Wildman–Crippen MR) is 20.7 cm³/mol. The molecule has 0 amide bonds. The summed E-state index contributed by atoms with van der Waals surface area (Å²) in [5.41, 5.74) is 0. The van der Waals surface area contributed by atoms with Crippen molar-refractivity contribution in [3.63, 3.8) is 0 Å². The minimum absolute atomic E-state index is 0. The SMILES string of the molecule is O=[N+]([O-])[O-].O=[N+]([O-])[O-].[Eu+3].[Gd+3].